The predicted molar refractivity (Wildman–Crippen MR) is 215 cm³/mol. The van der Waals surface area contributed by atoms with Crippen LogP contribution >= 0.6 is 22.7 Å². The lowest BCUT2D eigenvalue weighted by Gasteiger charge is -2.32. The molecule has 12 nitrogen and oxygen atoms in total. The van der Waals surface area contributed by atoms with E-state index < -0.39 is 12.1 Å². The average molecular weight is 788 g/mol. The van der Waals surface area contributed by atoms with Crippen LogP contribution in [-0.4, -0.2) is 107 Å². The summed E-state index contributed by atoms with van der Waals surface area (Å²) >= 11 is 3.05. The third kappa shape index (κ3) is 11.8. The highest BCUT2D eigenvalue weighted by Crippen LogP contribution is 2.27. The highest BCUT2D eigenvalue weighted by Gasteiger charge is 2.43. The maximum Gasteiger partial charge on any atom is 0.407 e. The fourth-order valence-corrected chi connectivity index (χ4v) is 8.61. The number of benzene rings is 2. The van der Waals surface area contributed by atoms with E-state index in [1.54, 1.807) is 39.9 Å². The van der Waals surface area contributed by atoms with E-state index in [-0.39, 0.29) is 36.7 Å². The molecule has 2 aromatic carbocycles. The molecule has 6 rings (SSSR count). The second-order valence-electron chi connectivity index (χ2n) is 14.7. The molecule has 0 saturated carbocycles. The monoisotopic (exact) mass is 787 g/mol. The average Bonchev–Trinajstić information content (AvgIpc) is 3.99. The van der Waals surface area contributed by atoms with Gasteiger partial charge in [0.05, 0.1) is 40.8 Å². The van der Waals surface area contributed by atoms with Crippen LogP contribution in [0.3, 0.4) is 0 Å². The Balaban J connectivity index is 1.17. The number of nitrogens with zero attached hydrogens (tertiary/aromatic N) is 5. The summed E-state index contributed by atoms with van der Waals surface area (Å²) < 4.78 is 11.2. The van der Waals surface area contributed by atoms with Crippen LogP contribution in [0, 0.1) is 0 Å². The SMILES string of the molecule is CC(C)c1nc(CN(C)C(=O)N2C[C@H](N3CCOCC3)C[C@H]2C(=O)N[C@@H](CC[C@@H](Cc2ccccc2)NC(=O)OCc2cncs2)Cc2ccccc2)cs1. The molecule has 55 heavy (non-hydrogen) atoms. The minimum absolute atomic E-state index is 0.0480. The number of ether oxygens (including phenoxy) is 2. The topological polar surface area (TPSA) is 129 Å². The lowest BCUT2D eigenvalue weighted by atomic mass is 9.95. The molecule has 2 aromatic heterocycles. The van der Waals surface area contributed by atoms with Gasteiger partial charge >= 0.3 is 12.1 Å². The zero-order valence-electron chi connectivity index (χ0n) is 32.0. The molecule has 0 spiro atoms. The van der Waals surface area contributed by atoms with Gasteiger partial charge in [-0.2, -0.15) is 0 Å². The standard InChI is InChI=1S/C41H53N7O5S2/c1-29(2)39-44-34(27-54-39)24-46(3)41(51)48-25-35(47-16-18-52-19-17-47)22-37(48)38(49)43-32(20-30-10-6-4-7-11-30)14-15-33(21-31-12-8-5-9-13-31)45-40(50)53-26-36-23-42-28-55-36/h4-13,23,27-29,32-33,35,37H,14-22,24-26H2,1-3H3,(H,43,49)(H,45,50)/t32-,33-,35+,37-/m0/s1. The summed E-state index contributed by atoms with van der Waals surface area (Å²) in [6.45, 7) is 8.03. The molecule has 0 bridgehead atoms. The molecule has 2 saturated heterocycles. The molecule has 4 atom stereocenters. The molecule has 2 fully saturated rings. The highest BCUT2D eigenvalue weighted by molar-refractivity contribution is 7.09. The van der Waals surface area contributed by atoms with Crippen LogP contribution in [0.5, 0.6) is 0 Å². The fraction of sp³-hybridized carbons (Fsp3) is 0.488. The number of likely N-dealkylation sites (tertiary alicyclic amines) is 1. The van der Waals surface area contributed by atoms with E-state index in [4.69, 9.17) is 14.5 Å². The molecule has 4 aromatic rings. The van der Waals surface area contributed by atoms with Crippen molar-refractivity contribution >= 4 is 40.7 Å². The van der Waals surface area contributed by atoms with Gasteiger partial charge in [0.15, 0.2) is 0 Å². The molecule has 2 N–H and O–H groups in total. The zero-order valence-corrected chi connectivity index (χ0v) is 33.6. The first-order valence-electron chi connectivity index (χ1n) is 19.2. The van der Waals surface area contributed by atoms with E-state index in [0.717, 1.165) is 39.8 Å². The van der Waals surface area contributed by atoms with Crippen molar-refractivity contribution < 1.29 is 23.9 Å². The summed E-state index contributed by atoms with van der Waals surface area (Å²) in [5.74, 6) is 0.155. The van der Waals surface area contributed by atoms with Crippen LogP contribution < -0.4 is 10.6 Å². The van der Waals surface area contributed by atoms with E-state index in [0.29, 0.717) is 64.3 Å². The van der Waals surface area contributed by atoms with Crippen molar-refractivity contribution in [2.24, 2.45) is 0 Å². The number of nitrogens with one attached hydrogen (secondary N) is 2. The number of rotatable bonds is 16. The van der Waals surface area contributed by atoms with Crippen LogP contribution in [0.4, 0.5) is 9.59 Å². The van der Waals surface area contributed by atoms with Gasteiger partial charge in [-0.15, -0.1) is 22.7 Å². The summed E-state index contributed by atoms with van der Waals surface area (Å²) in [7, 11) is 1.79. The third-order valence-electron chi connectivity index (χ3n) is 10.2. The number of hydrogen-bond acceptors (Lipinski definition) is 10. The second kappa shape index (κ2) is 20.0. The van der Waals surface area contributed by atoms with Crippen molar-refractivity contribution in [3.63, 3.8) is 0 Å². The molecule has 294 valence electrons. The van der Waals surface area contributed by atoms with Gasteiger partial charge in [0, 0.05) is 62.3 Å². The van der Waals surface area contributed by atoms with Crippen molar-refractivity contribution in [2.75, 3.05) is 39.9 Å². The Morgan fingerprint density at radius 3 is 2.20 bits per heavy atom. The van der Waals surface area contributed by atoms with E-state index in [1.807, 2.05) is 53.9 Å². The fourth-order valence-electron chi connectivity index (χ4n) is 7.28. The number of alkyl carbamates (subject to hydrolysis) is 1. The van der Waals surface area contributed by atoms with Crippen molar-refractivity contribution in [3.8, 4) is 0 Å². The van der Waals surface area contributed by atoms with Crippen LogP contribution in [-0.2, 0) is 40.3 Å². The van der Waals surface area contributed by atoms with Crippen molar-refractivity contribution in [1.29, 1.82) is 0 Å². The van der Waals surface area contributed by atoms with Crippen LogP contribution in [0.15, 0.2) is 77.8 Å². The predicted octanol–water partition coefficient (Wildman–Crippen LogP) is 6.10. The zero-order chi connectivity index (χ0) is 38.6. The van der Waals surface area contributed by atoms with Crippen LogP contribution in [0.2, 0.25) is 0 Å². The Bertz CT molecular complexity index is 1790. The number of carbonyl (C=O) groups is 3. The molecule has 2 aliphatic heterocycles. The molecule has 0 radical (unpaired) electrons. The number of carbonyl (C=O) groups excluding carboxylic acids is 3. The smallest absolute Gasteiger partial charge is 0.407 e. The van der Waals surface area contributed by atoms with E-state index in [1.165, 1.54) is 11.3 Å². The number of hydrogen-bond donors (Lipinski definition) is 2. The maximum atomic E-state index is 14.5. The normalized spacial score (nSPS) is 18.5. The Kier molecular flexibility index (Phi) is 14.6. The summed E-state index contributed by atoms with van der Waals surface area (Å²) in [6, 6.07) is 18.9. The van der Waals surface area contributed by atoms with Crippen molar-refractivity contribution in [1.82, 2.24) is 35.3 Å². The molecular weight excluding hydrogens is 735 g/mol. The van der Waals surface area contributed by atoms with E-state index >= 15 is 0 Å². The number of amides is 4. The molecular formula is C41H53N7O5S2. The summed E-state index contributed by atoms with van der Waals surface area (Å²) in [5.41, 5.74) is 4.75. The van der Waals surface area contributed by atoms with Crippen LogP contribution in [0.25, 0.3) is 0 Å². The van der Waals surface area contributed by atoms with Gasteiger partial charge < -0.3 is 29.9 Å². The van der Waals surface area contributed by atoms with Crippen LogP contribution in [0.1, 0.15) is 65.7 Å². The van der Waals surface area contributed by atoms with Gasteiger partial charge in [-0.1, -0.05) is 74.5 Å². The minimum atomic E-state index is -0.636. The minimum Gasteiger partial charge on any atom is -0.444 e. The Hall–Kier alpha value is -4.37. The Morgan fingerprint density at radius 2 is 1.60 bits per heavy atom. The van der Waals surface area contributed by atoms with E-state index in [9.17, 15) is 14.4 Å². The highest BCUT2D eigenvalue weighted by atomic mass is 32.1. The molecule has 4 heterocycles. The van der Waals surface area contributed by atoms with Gasteiger partial charge in [-0.25, -0.2) is 14.6 Å². The number of aromatic nitrogens is 2. The second-order valence-corrected chi connectivity index (χ2v) is 16.6. The number of urea groups is 1. The first-order chi connectivity index (χ1) is 26.7. The molecule has 4 amide bonds. The maximum absolute atomic E-state index is 14.5. The quantitative estimate of drug-likeness (QED) is 0.140. The van der Waals surface area contributed by atoms with Gasteiger partial charge in [-0.3, -0.25) is 14.7 Å². The lowest BCUT2D eigenvalue weighted by Crippen LogP contribution is -2.52. The van der Waals surface area contributed by atoms with Gasteiger partial charge in [0.1, 0.15) is 12.6 Å². The summed E-state index contributed by atoms with van der Waals surface area (Å²) in [4.78, 5) is 57.1. The number of thiazole rings is 2. The van der Waals surface area contributed by atoms with Crippen molar-refractivity contribution in [2.45, 2.75) is 89.2 Å². The molecule has 2 aliphatic rings. The largest absolute Gasteiger partial charge is 0.444 e. The van der Waals surface area contributed by atoms with E-state index in [2.05, 4.69) is 46.5 Å². The van der Waals surface area contributed by atoms with Crippen molar-refractivity contribution in [3.05, 3.63) is 104 Å². The molecule has 0 aliphatic carbocycles. The third-order valence-corrected chi connectivity index (χ3v) is 12.1. The van der Waals surface area contributed by atoms with Gasteiger partial charge in [0.2, 0.25) is 5.91 Å². The lowest BCUT2D eigenvalue weighted by molar-refractivity contribution is -0.125. The Morgan fingerprint density at radius 1 is 0.945 bits per heavy atom. The number of morpholine rings is 1. The van der Waals surface area contributed by atoms with Gasteiger partial charge in [0.25, 0.3) is 0 Å². The first-order valence-corrected chi connectivity index (χ1v) is 20.9. The molecule has 0 unspecified atom stereocenters. The summed E-state index contributed by atoms with van der Waals surface area (Å²) in [5, 5.41) is 9.53. The first kappa shape index (κ1) is 40.3. The molecule has 14 heteroatoms. The summed E-state index contributed by atoms with van der Waals surface area (Å²) in [6.07, 6.45) is 4.16. The van der Waals surface area contributed by atoms with Gasteiger partial charge in [-0.05, 0) is 43.2 Å². The Labute approximate surface area is 332 Å².